The topological polar surface area (TPSA) is 43.6 Å². The van der Waals surface area contributed by atoms with E-state index in [9.17, 15) is 0 Å². The largest absolute Gasteiger partial charge is 0.496 e. The quantitative estimate of drug-likeness (QED) is 0.878. The molecule has 20 heavy (non-hydrogen) atoms. The Morgan fingerprint density at radius 2 is 1.75 bits per heavy atom. The molecule has 0 aliphatic heterocycles. The Morgan fingerprint density at radius 1 is 1.10 bits per heavy atom. The molecule has 0 amide bonds. The summed E-state index contributed by atoms with van der Waals surface area (Å²) in [7, 11) is 3.32. The fourth-order valence-electron chi connectivity index (χ4n) is 2.32. The van der Waals surface area contributed by atoms with Gasteiger partial charge in [0.25, 0.3) is 0 Å². The number of hydrogen-bond donors (Lipinski definition) is 1. The molecular weight excluding hydrogens is 254 g/mol. The van der Waals surface area contributed by atoms with E-state index in [0.29, 0.717) is 0 Å². The van der Waals surface area contributed by atoms with Crippen molar-refractivity contribution in [2.45, 2.75) is 19.9 Å². The van der Waals surface area contributed by atoms with Gasteiger partial charge in [-0.15, -0.1) is 0 Å². The van der Waals surface area contributed by atoms with Crippen molar-refractivity contribution in [2.24, 2.45) is 0 Å². The van der Waals surface area contributed by atoms with Crippen LogP contribution in [0.2, 0.25) is 0 Å². The number of aryl methyl sites for hydroxylation is 1. The normalized spacial score (nSPS) is 12.2. The predicted molar refractivity (Wildman–Crippen MR) is 78.5 cm³/mol. The number of hydrogen-bond acceptors (Lipinski definition) is 4. The molecule has 4 heteroatoms. The Bertz CT molecular complexity index is 540. The van der Waals surface area contributed by atoms with Crippen molar-refractivity contribution >= 4 is 0 Å². The molecule has 1 atom stereocenters. The van der Waals surface area contributed by atoms with Crippen LogP contribution in [0.15, 0.2) is 34.7 Å². The van der Waals surface area contributed by atoms with Gasteiger partial charge in [-0.05, 0) is 37.7 Å². The second-order valence-electron chi connectivity index (χ2n) is 4.52. The molecule has 108 valence electrons. The lowest BCUT2D eigenvalue weighted by molar-refractivity contribution is 0.364. The zero-order valence-electron chi connectivity index (χ0n) is 12.4. The van der Waals surface area contributed by atoms with Crippen molar-refractivity contribution in [3.63, 3.8) is 0 Å². The molecule has 4 nitrogen and oxygen atoms in total. The van der Waals surface area contributed by atoms with E-state index in [2.05, 4.69) is 12.2 Å². The van der Waals surface area contributed by atoms with Crippen LogP contribution in [0.5, 0.6) is 11.5 Å². The third-order valence-electron chi connectivity index (χ3n) is 3.21. The molecule has 0 fully saturated rings. The number of benzene rings is 1. The molecule has 0 saturated carbocycles. The molecule has 0 aliphatic carbocycles. The summed E-state index contributed by atoms with van der Waals surface area (Å²) >= 11 is 0. The van der Waals surface area contributed by atoms with E-state index in [1.807, 2.05) is 37.3 Å². The molecule has 0 saturated heterocycles. The zero-order chi connectivity index (χ0) is 14.5. The SMILES string of the molecule is CCNC(c1ccc(C)o1)c1c(OC)cccc1OC. The average Bonchev–Trinajstić information content (AvgIpc) is 2.90. The molecule has 0 spiro atoms. The zero-order valence-corrected chi connectivity index (χ0v) is 12.4. The van der Waals surface area contributed by atoms with Crippen LogP contribution < -0.4 is 14.8 Å². The van der Waals surface area contributed by atoms with Crippen molar-refractivity contribution in [2.75, 3.05) is 20.8 Å². The first kappa shape index (κ1) is 14.5. The van der Waals surface area contributed by atoms with Crippen molar-refractivity contribution in [3.05, 3.63) is 47.4 Å². The van der Waals surface area contributed by atoms with Gasteiger partial charge in [-0.25, -0.2) is 0 Å². The molecule has 1 aromatic heterocycles. The Balaban J connectivity index is 2.53. The lowest BCUT2D eigenvalue weighted by Crippen LogP contribution is -2.22. The molecule has 1 N–H and O–H groups in total. The summed E-state index contributed by atoms with van der Waals surface area (Å²) in [4.78, 5) is 0. The number of ether oxygens (including phenoxy) is 2. The highest BCUT2D eigenvalue weighted by Gasteiger charge is 2.24. The first-order valence-electron chi connectivity index (χ1n) is 6.71. The van der Waals surface area contributed by atoms with E-state index in [1.54, 1.807) is 14.2 Å². The van der Waals surface area contributed by atoms with Crippen LogP contribution in [0.4, 0.5) is 0 Å². The minimum absolute atomic E-state index is 0.0974. The van der Waals surface area contributed by atoms with Crippen LogP contribution in [-0.2, 0) is 0 Å². The van der Waals surface area contributed by atoms with Gasteiger partial charge in [-0.3, -0.25) is 0 Å². The summed E-state index contributed by atoms with van der Waals surface area (Å²) < 4.78 is 16.7. The lowest BCUT2D eigenvalue weighted by Gasteiger charge is -2.21. The molecule has 0 radical (unpaired) electrons. The van der Waals surface area contributed by atoms with Crippen LogP contribution in [0.3, 0.4) is 0 Å². The van der Waals surface area contributed by atoms with Crippen LogP contribution in [0, 0.1) is 6.92 Å². The van der Waals surface area contributed by atoms with E-state index in [4.69, 9.17) is 13.9 Å². The van der Waals surface area contributed by atoms with Crippen LogP contribution in [0.25, 0.3) is 0 Å². The molecule has 0 bridgehead atoms. The predicted octanol–water partition coefficient (Wildman–Crippen LogP) is 3.30. The maximum Gasteiger partial charge on any atom is 0.127 e. The highest BCUT2D eigenvalue weighted by molar-refractivity contribution is 5.49. The van der Waals surface area contributed by atoms with Gasteiger partial charge in [0, 0.05) is 0 Å². The third-order valence-corrected chi connectivity index (χ3v) is 3.21. The fraction of sp³-hybridized carbons (Fsp3) is 0.375. The molecule has 1 aromatic carbocycles. The summed E-state index contributed by atoms with van der Waals surface area (Å²) in [6.45, 7) is 4.81. The number of rotatable bonds is 6. The smallest absolute Gasteiger partial charge is 0.127 e. The van der Waals surface area contributed by atoms with Crippen LogP contribution >= 0.6 is 0 Å². The number of nitrogens with one attached hydrogen (secondary N) is 1. The van der Waals surface area contributed by atoms with Gasteiger partial charge in [-0.2, -0.15) is 0 Å². The highest BCUT2D eigenvalue weighted by atomic mass is 16.5. The van der Waals surface area contributed by atoms with Crippen LogP contribution in [-0.4, -0.2) is 20.8 Å². The second-order valence-corrected chi connectivity index (χ2v) is 4.52. The molecule has 0 aliphatic rings. The Kier molecular flexibility index (Phi) is 4.69. The van der Waals surface area contributed by atoms with Gasteiger partial charge < -0.3 is 19.2 Å². The average molecular weight is 275 g/mol. The summed E-state index contributed by atoms with van der Waals surface area (Å²) in [5.74, 6) is 3.30. The lowest BCUT2D eigenvalue weighted by atomic mass is 10.0. The standard InChI is InChI=1S/C16H21NO3/c1-5-17-16(14-10-9-11(2)20-14)15-12(18-3)7-6-8-13(15)19-4/h6-10,16-17H,5H2,1-4H3. The van der Waals surface area contributed by atoms with Gasteiger partial charge in [0.05, 0.1) is 25.8 Å². The summed E-state index contributed by atoms with van der Waals surface area (Å²) in [6.07, 6.45) is 0. The first-order chi connectivity index (χ1) is 9.71. The fourth-order valence-corrected chi connectivity index (χ4v) is 2.32. The Morgan fingerprint density at radius 3 is 2.20 bits per heavy atom. The van der Waals surface area contributed by atoms with E-state index in [-0.39, 0.29) is 6.04 Å². The van der Waals surface area contributed by atoms with Gasteiger partial charge in [0.2, 0.25) is 0 Å². The molecular formula is C16H21NO3. The molecule has 1 heterocycles. The number of furan rings is 1. The minimum atomic E-state index is -0.0974. The highest BCUT2D eigenvalue weighted by Crippen LogP contribution is 2.37. The van der Waals surface area contributed by atoms with E-state index < -0.39 is 0 Å². The van der Waals surface area contributed by atoms with Gasteiger partial charge in [0.1, 0.15) is 23.0 Å². The number of methoxy groups -OCH3 is 2. The van der Waals surface area contributed by atoms with Gasteiger partial charge >= 0.3 is 0 Å². The summed E-state index contributed by atoms with van der Waals surface area (Å²) in [6, 6.07) is 9.61. The van der Waals surface area contributed by atoms with Crippen molar-refractivity contribution < 1.29 is 13.9 Å². The van der Waals surface area contributed by atoms with E-state index >= 15 is 0 Å². The maximum absolute atomic E-state index is 5.78. The third kappa shape index (κ3) is 2.80. The Hall–Kier alpha value is -1.94. The summed E-state index contributed by atoms with van der Waals surface area (Å²) in [5, 5.41) is 3.42. The van der Waals surface area contributed by atoms with E-state index in [0.717, 1.165) is 35.1 Å². The van der Waals surface area contributed by atoms with Gasteiger partial charge in [0.15, 0.2) is 0 Å². The monoisotopic (exact) mass is 275 g/mol. The second kappa shape index (κ2) is 6.48. The minimum Gasteiger partial charge on any atom is -0.496 e. The van der Waals surface area contributed by atoms with Crippen molar-refractivity contribution in [1.29, 1.82) is 0 Å². The van der Waals surface area contributed by atoms with Crippen molar-refractivity contribution in [3.8, 4) is 11.5 Å². The van der Waals surface area contributed by atoms with Gasteiger partial charge in [-0.1, -0.05) is 13.0 Å². The van der Waals surface area contributed by atoms with E-state index in [1.165, 1.54) is 0 Å². The van der Waals surface area contributed by atoms with Crippen LogP contribution in [0.1, 0.15) is 30.0 Å². The first-order valence-corrected chi connectivity index (χ1v) is 6.71. The summed E-state index contributed by atoms with van der Waals surface area (Å²) in [5.41, 5.74) is 0.953. The Labute approximate surface area is 119 Å². The molecule has 2 rings (SSSR count). The molecule has 1 unspecified atom stereocenters. The molecule has 2 aromatic rings. The maximum atomic E-state index is 5.78. The van der Waals surface area contributed by atoms with Crippen molar-refractivity contribution in [1.82, 2.24) is 5.32 Å².